The Morgan fingerprint density at radius 3 is 1.28 bits per heavy atom. The van der Waals surface area contributed by atoms with E-state index in [2.05, 4.69) is 26.6 Å². The summed E-state index contributed by atoms with van der Waals surface area (Å²) < 4.78 is 0. The Labute approximate surface area is 280 Å². The van der Waals surface area contributed by atoms with E-state index >= 15 is 0 Å². The van der Waals surface area contributed by atoms with Crippen LogP contribution in [0.1, 0.15) is 99.3 Å². The fraction of sp³-hybridized carbons (Fsp3) is 0.812. The highest BCUT2D eigenvalue weighted by Gasteiger charge is 2.35. The number of nitrogens with two attached hydrogens (primary N) is 4. The normalized spacial score (nSPS) is 16.3. The van der Waals surface area contributed by atoms with Gasteiger partial charge in [-0.25, -0.2) is 0 Å². The van der Waals surface area contributed by atoms with Crippen LogP contribution in [0.4, 0.5) is 0 Å². The molecule has 15 nitrogen and oxygen atoms in total. The maximum absolute atomic E-state index is 13.7. The van der Waals surface area contributed by atoms with Gasteiger partial charge in [0, 0.05) is 0 Å². The van der Waals surface area contributed by atoms with Crippen LogP contribution in [0.5, 0.6) is 0 Å². The molecule has 0 fully saturated rings. The van der Waals surface area contributed by atoms with Crippen molar-refractivity contribution in [1.29, 1.82) is 0 Å². The van der Waals surface area contributed by atoms with Gasteiger partial charge in [-0.3, -0.25) is 28.8 Å². The van der Waals surface area contributed by atoms with Crippen molar-refractivity contribution in [2.24, 2.45) is 40.7 Å². The lowest BCUT2D eigenvalue weighted by Crippen LogP contribution is -2.61. The van der Waals surface area contributed by atoms with Gasteiger partial charge in [0.15, 0.2) is 0 Å². The average Bonchev–Trinajstić information content (AvgIpc) is 3.05. The van der Waals surface area contributed by atoms with Gasteiger partial charge >= 0.3 is 0 Å². The summed E-state index contributed by atoms with van der Waals surface area (Å²) >= 11 is 0. The fourth-order valence-corrected chi connectivity index (χ4v) is 4.92. The molecule has 0 heterocycles. The third kappa shape index (κ3) is 15.9. The number of primary amides is 1. The van der Waals surface area contributed by atoms with Crippen LogP contribution in [0.2, 0.25) is 0 Å². The van der Waals surface area contributed by atoms with Gasteiger partial charge < -0.3 is 49.5 Å². The van der Waals surface area contributed by atoms with E-state index in [1.807, 2.05) is 27.7 Å². The molecule has 47 heavy (non-hydrogen) atoms. The molecule has 15 heteroatoms. The zero-order chi connectivity index (χ0) is 36.1. The minimum atomic E-state index is -1.05. The number of carbonyl (C=O) groups is 6. The summed E-state index contributed by atoms with van der Waals surface area (Å²) in [6.45, 7) is 11.5. The van der Waals surface area contributed by atoms with Crippen LogP contribution in [-0.2, 0) is 28.8 Å². The van der Waals surface area contributed by atoms with Crippen molar-refractivity contribution in [3.8, 4) is 0 Å². The molecule has 272 valence electrons. The second kappa shape index (κ2) is 23.9. The standard InChI is InChI=1S/C32H63N9O6/c1-7-19(4)25(28(36)43)40-30(45)23(15-11-13-17-34)37-29(44)22(14-10-12-16-33)38-31(46)27(21(6)9-3)41-32(47)26(20(5)8-2)39-24(42)18-35/h19-23,25-27H,7-18,33-35H2,1-6H3,(H2,36,43)(H,37,44)(H,38,46)(H,39,42)(H,40,45)(H,41,47)/t19-,20-,21-,22-,23-,25-,26-,27-/m0/s1. The number of unbranched alkanes of at least 4 members (excludes halogenated alkanes) is 2. The maximum atomic E-state index is 13.7. The van der Waals surface area contributed by atoms with E-state index in [4.69, 9.17) is 22.9 Å². The van der Waals surface area contributed by atoms with Crippen LogP contribution in [0.25, 0.3) is 0 Å². The highest BCUT2D eigenvalue weighted by molar-refractivity contribution is 5.96. The van der Waals surface area contributed by atoms with Gasteiger partial charge in [0.2, 0.25) is 35.4 Å². The zero-order valence-electron chi connectivity index (χ0n) is 29.4. The van der Waals surface area contributed by atoms with Crippen LogP contribution in [0.15, 0.2) is 0 Å². The SMILES string of the molecule is CC[C@H](C)[C@H](NC(=O)[C@H](CCCCN)NC(=O)[C@H](CCCCN)NC(=O)[C@@H](NC(=O)[C@@H](NC(=O)CN)[C@@H](C)CC)[C@@H](C)CC)C(N)=O. The molecule has 0 aromatic rings. The minimum Gasteiger partial charge on any atom is -0.368 e. The molecule has 0 aliphatic carbocycles. The first-order chi connectivity index (χ1) is 22.2. The highest BCUT2D eigenvalue weighted by Crippen LogP contribution is 2.14. The Kier molecular flexibility index (Phi) is 22.3. The van der Waals surface area contributed by atoms with Crippen molar-refractivity contribution >= 4 is 35.4 Å². The molecule has 0 aromatic heterocycles. The van der Waals surface area contributed by atoms with Crippen molar-refractivity contribution < 1.29 is 28.8 Å². The number of nitrogens with one attached hydrogen (secondary N) is 5. The van der Waals surface area contributed by atoms with Crippen molar-refractivity contribution in [2.45, 2.75) is 130 Å². The third-order valence-electron chi connectivity index (χ3n) is 8.77. The molecule has 0 saturated heterocycles. The molecular formula is C32H63N9O6. The van der Waals surface area contributed by atoms with Crippen molar-refractivity contribution in [3.63, 3.8) is 0 Å². The molecule has 0 aromatic carbocycles. The van der Waals surface area contributed by atoms with E-state index in [9.17, 15) is 28.8 Å². The molecule has 0 radical (unpaired) electrons. The lowest BCUT2D eigenvalue weighted by atomic mass is 9.94. The Balaban J connectivity index is 6.20. The molecule has 6 amide bonds. The molecular weight excluding hydrogens is 606 g/mol. The van der Waals surface area contributed by atoms with Crippen LogP contribution in [-0.4, -0.2) is 85.3 Å². The molecule has 0 aliphatic heterocycles. The molecule has 0 spiro atoms. The first kappa shape index (κ1) is 43.7. The average molecular weight is 670 g/mol. The lowest BCUT2D eigenvalue weighted by molar-refractivity contribution is -0.136. The smallest absolute Gasteiger partial charge is 0.243 e. The first-order valence-electron chi connectivity index (χ1n) is 17.1. The summed E-state index contributed by atoms with van der Waals surface area (Å²) in [7, 11) is 0. The summed E-state index contributed by atoms with van der Waals surface area (Å²) in [4.78, 5) is 78.3. The Hall–Kier alpha value is -3.30. The van der Waals surface area contributed by atoms with Crippen LogP contribution < -0.4 is 49.5 Å². The molecule has 0 rings (SSSR count). The number of carbonyl (C=O) groups excluding carboxylic acids is 6. The lowest BCUT2D eigenvalue weighted by Gasteiger charge is -2.30. The van der Waals surface area contributed by atoms with Crippen LogP contribution in [0.3, 0.4) is 0 Å². The Morgan fingerprint density at radius 1 is 0.511 bits per heavy atom. The largest absolute Gasteiger partial charge is 0.368 e. The molecule has 0 bridgehead atoms. The van der Waals surface area contributed by atoms with Gasteiger partial charge in [-0.05, 0) is 69.4 Å². The number of hydrogen-bond acceptors (Lipinski definition) is 9. The van der Waals surface area contributed by atoms with Gasteiger partial charge in [-0.2, -0.15) is 0 Å². The summed E-state index contributed by atoms with van der Waals surface area (Å²) in [5, 5.41) is 13.7. The quantitative estimate of drug-likeness (QED) is 0.0553. The third-order valence-corrected chi connectivity index (χ3v) is 8.77. The molecule has 0 saturated carbocycles. The zero-order valence-corrected chi connectivity index (χ0v) is 29.4. The van der Waals surface area contributed by atoms with Gasteiger partial charge in [0.25, 0.3) is 0 Å². The van der Waals surface area contributed by atoms with E-state index < -0.39 is 65.7 Å². The van der Waals surface area contributed by atoms with E-state index in [-0.39, 0.29) is 37.1 Å². The number of rotatable bonds is 25. The Bertz CT molecular complexity index is 998. The molecule has 0 unspecified atom stereocenters. The van der Waals surface area contributed by atoms with Gasteiger partial charge in [-0.15, -0.1) is 0 Å². The van der Waals surface area contributed by atoms with Crippen LogP contribution in [0, 0.1) is 17.8 Å². The summed E-state index contributed by atoms with van der Waals surface area (Å²) in [6, 6.07) is -4.91. The van der Waals surface area contributed by atoms with Gasteiger partial charge in [0.05, 0.1) is 6.54 Å². The van der Waals surface area contributed by atoms with Crippen molar-refractivity contribution in [2.75, 3.05) is 19.6 Å². The molecule has 13 N–H and O–H groups in total. The molecule has 0 aliphatic rings. The van der Waals surface area contributed by atoms with Crippen molar-refractivity contribution in [1.82, 2.24) is 26.6 Å². The van der Waals surface area contributed by atoms with E-state index in [1.165, 1.54) is 0 Å². The number of hydrogen-bond donors (Lipinski definition) is 9. The summed E-state index contributed by atoms with van der Waals surface area (Å²) in [5.41, 5.74) is 22.3. The van der Waals surface area contributed by atoms with E-state index in [0.29, 0.717) is 58.0 Å². The van der Waals surface area contributed by atoms with E-state index in [1.54, 1.807) is 13.8 Å². The topological polar surface area (TPSA) is 267 Å². The van der Waals surface area contributed by atoms with Gasteiger partial charge in [0.1, 0.15) is 30.2 Å². The van der Waals surface area contributed by atoms with E-state index in [0.717, 1.165) is 0 Å². The maximum Gasteiger partial charge on any atom is 0.243 e. The fourth-order valence-electron chi connectivity index (χ4n) is 4.92. The van der Waals surface area contributed by atoms with Crippen LogP contribution >= 0.6 is 0 Å². The summed E-state index contributed by atoms with van der Waals surface area (Å²) in [5.74, 6) is -4.23. The second-order valence-corrected chi connectivity index (χ2v) is 12.5. The van der Waals surface area contributed by atoms with Crippen molar-refractivity contribution in [3.05, 3.63) is 0 Å². The summed E-state index contributed by atoms with van der Waals surface area (Å²) in [6.07, 6.45) is 4.45. The molecule has 8 atom stereocenters. The predicted octanol–water partition coefficient (Wildman–Crippen LogP) is -0.749. The second-order valence-electron chi connectivity index (χ2n) is 12.5. The first-order valence-corrected chi connectivity index (χ1v) is 17.1. The Morgan fingerprint density at radius 2 is 0.872 bits per heavy atom. The predicted molar refractivity (Wildman–Crippen MR) is 182 cm³/mol. The minimum absolute atomic E-state index is 0.226. The highest BCUT2D eigenvalue weighted by atomic mass is 16.2. The number of amides is 6. The monoisotopic (exact) mass is 669 g/mol. The van der Waals surface area contributed by atoms with Gasteiger partial charge in [-0.1, -0.05) is 60.8 Å².